The number of piperidine rings is 1. The van der Waals surface area contributed by atoms with Crippen molar-refractivity contribution in [3.05, 3.63) is 0 Å². The number of esters is 1. The van der Waals surface area contributed by atoms with Crippen LogP contribution in [-0.4, -0.2) is 43.2 Å². The highest BCUT2D eigenvalue weighted by Crippen LogP contribution is 2.38. The molecule has 1 aliphatic rings. The Morgan fingerprint density at radius 2 is 1.83 bits per heavy atom. The van der Waals surface area contributed by atoms with Gasteiger partial charge in [-0.3, -0.25) is 4.79 Å². The van der Waals surface area contributed by atoms with E-state index in [2.05, 4.69) is 18.7 Å². The van der Waals surface area contributed by atoms with Crippen LogP contribution in [0.2, 0.25) is 0 Å². The lowest BCUT2D eigenvalue weighted by Crippen LogP contribution is -2.56. The number of hydrogen-bond donors (Lipinski definition) is 1. The van der Waals surface area contributed by atoms with E-state index in [4.69, 9.17) is 10.5 Å². The molecule has 2 N–H and O–H groups in total. The van der Waals surface area contributed by atoms with E-state index in [1.165, 1.54) is 32.8 Å². The first-order chi connectivity index (χ1) is 8.39. The Labute approximate surface area is 111 Å². The second-order valence-corrected chi connectivity index (χ2v) is 5.89. The Kier molecular flexibility index (Phi) is 5.17. The van der Waals surface area contributed by atoms with Gasteiger partial charge in [-0.05, 0) is 38.3 Å². The van der Waals surface area contributed by atoms with Crippen molar-refractivity contribution in [3.8, 4) is 0 Å². The van der Waals surface area contributed by atoms with E-state index in [1.54, 1.807) is 6.92 Å². The average molecular weight is 256 g/mol. The molecule has 1 saturated heterocycles. The summed E-state index contributed by atoms with van der Waals surface area (Å²) < 4.78 is 4.75. The lowest BCUT2D eigenvalue weighted by Gasteiger charge is -2.42. The molecule has 0 radical (unpaired) electrons. The van der Waals surface area contributed by atoms with E-state index in [0.717, 1.165) is 13.1 Å². The number of ether oxygens (including phenoxy) is 1. The molecule has 0 spiro atoms. The molecular weight excluding hydrogens is 228 g/mol. The largest absolute Gasteiger partial charge is 0.468 e. The van der Waals surface area contributed by atoms with E-state index in [-0.39, 0.29) is 5.97 Å². The van der Waals surface area contributed by atoms with Gasteiger partial charge >= 0.3 is 5.97 Å². The van der Waals surface area contributed by atoms with Crippen molar-refractivity contribution >= 4 is 5.97 Å². The first kappa shape index (κ1) is 15.4. The van der Waals surface area contributed by atoms with Crippen LogP contribution in [0.25, 0.3) is 0 Å². The van der Waals surface area contributed by atoms with Gasteiger partial charge in [0.05, 0.1) is 7.11 Å². The molecular formula is C14H28N2O2. The number of hydrogen-bond acceptors (Lipinski definition) is 4. The molecule has 1 atom stereocenters. The van der Waals surface area contributed by atoms with E-state index < -0.39 is 5.54 Å². The number of methoxy groups -OCH3 is 1. The Bertz CT molecular complexity index is 276. The van der Waals surface area contributed by atoms with Crippen molar-refractivity contribution in [2.45, 2.75) is 52.0 Å². The number of carbonyl (C=O) groups excluding carboxylic acids is 1. The zero-order valence-electron chi connectivity index (χ0n) is 12.3. The Morgan fingerprint density at radius 1 is 1.33 bits per heavy atom. The van der Waals surface area contributed by atoms with Gasteiger partial charge in [0, 0.05) is 6.54 Å². The van der Waals surface area contributed by atoms with Crippen LogP contribution in [-0.2, 0) is 9.53 Å². The second kappa shape index (κ2) is 6.02. The normalized spacial score (nSPS) is 23.4. The number of likely N-dealkylation sites (tertiary alicyclic amines) is 1. The average Bonchev–Trinajstić information content (AvgIpc) is 2.38. The van der Waals surface area contributed by atoms with Crippen molar-refractivity contribution < 1.29 is 9.53 Å². The van der Waals surface area contributed by atoms with Crippen LogP contribution in [0.1, 0.15) is 46.5 Å². The SMILES string of the molecule is CCC1(CC)CCN(CC(C)(N)C(=O)OC)CC1. The van der Waals surface area contributed by atoms with Crippen LogP contribution in [0.15, 0.2) is 0 Å². The van der Waals surface area contributed by atoms with Gasteiger partial charge in [0.1, 0.15) is 5.54 Å². The standard InChI is InChI=1S/C14H28N2O2/c1-5-14(6-2)7-9-16(10-8-14)11-13(3,15)12(17)18-4/h5-11,15H2,1-4H3. The summed E-state index contributed by atoms with van der Waals surface area (Å²) in [6.45, 7) is 8.96. The summed E-state index contributed by atoms with van der Waals surface area (Å²) in [7, 11) is 1.39. The number of carbonyl (C=O) groups is 1. The lowest BCUT2D eigenvalue weighted by atomic mass is 9.74. The van der Waals surface area contributed by atoms with Gasteiger partial charge < -0.3 is 15.4 Å². The molecule has 1 rings (SSSR count). The maximum Gasteiger partial charge on any atom is 0.326 e. The summed E-state index contributed by atoms with van der Waals surface area (Å²) in [5, 5.41) is 0. The highest BCUT2D eigenvalue weighted by molar-refractivity contribution is 5.80. The van der Waals surface area contributed by atoms with Crippen molar-refractivity contribution in [2.24, 2.45) is 11.1 Å². The predicted molar refractivity (Wildman–Crippen MR) is 73.3 cm³/mol. The third kappa shape index (κ3) is 3.45. The molecule has 0 aliphatic carbocycles. The summed E-state index contributed by atoms with van der Waals surface area (Å²) in [4.78, 5) is 13.9. The fourth-order valence-corrected chi connectivity index (χ4v) is 2.90. The Morgan fingerprint density at radius 3 is 2.22 bits per heavy atom. The molecule has 0 aromatic rings. The van der Waals surface area contributed by atoms with Gasteiger partial charge in [-0.25, -0.2) is 0 Å². The van der Waals surface area contributed by atoms with E-state index in [0.29, 0.717) is 12.0 Å². The highest BCUT2D eigenvalue weighted by atomic mass is 16.5. The van der Waals surface area contributed by atoms with Gasteiger partial charge in [0.2, 0.25) is 0 Å². The summed E-state index contributed by atoms with van der Waals surface area (Å²) >= 11 is 0. The minimum absolute atomic E-state index is 0.328. The lowest BCUT2D eigenvalue weighted by molar-refractivity contribution is -0.147. The molecule has 4 nitrogen and oxygen atoms in total. The third-order valence-corrected chi connectivity index (χ3v) is 4.62. The molecule has 0 aromatic carbocycles. The molecule has 18 heavy (non-hydrogen) atoms. The molecule has 1 unspecified atom stereocenters. The molecule has 1 aliphatic heterocycles. The van der Waals surface area contributed by atoms with Crippen LogP contribution in [0.3, 0.4) is 0 Å². The van der Waals surface area contributed by atoms with E-state index >= 15 is 0 Å². The van der Waals surface area contributed by atoms with Gasteiger partial charge in [0.25, 0.3) is 0 Å². The maximum atomic E-state index is 11.6. The maximum absolute atomic E-state index is 11.6. The fraction of sp³-hybridized carbons (Fsp3) is 0.929. The predicted octanol–water partition coefficient (Wildman–Crippen LogP) is 1.78. The van der Waals surface area contributed by atoms with Crippen LogP contribution in [0.5, 0.6) is 0 Å². The second-order valence-electron chi connectivity index (χ2n) is 5.89. The summed E-state index contributed by atoms with van der Waals surface area (Å²) in [6, 6.07) is 0. The summed E-state index contributed by atoms with van der Waals surface area (Å²) in [6.07, 6.45) is 4.90. The van der Waals surface area contributed by atoms with Crippen LogP contribution in [0, 0.1) is 5.41 Å². The zero-order valence-corrected chi connectivity index (χ0v) is 12.3. The number of nitrogens with zero attached hydrogens (tertiary/aromatic N) is 1. The van der Waals surface area contributed by atoms with Crippen molar-refractivity contribution in [1.29, 1.82) is 0 Å². The van der Waals surface area contributed by atoms with Gasteiger partial charge in [-0.1, -0.05) is 26.7 Å². The minimum atomic E-state index is -0.896. The van der Waals surface area contributed by atoms with Gasteiger partial charge in [-0.2, -0.15) is 0 Å². The van der Waals surface area contributed by atoms with Crippen LogP contribution < -0.4 is 5.73 Å². The molecule has 4 heteroatoms. The summed E-state index contributed by atoms with van der Waals surface area (Å²) in [5.74, 6) is -0.328. The minimum Gasteiger partial charge on any atom is -0.468 e. The number of rotatable bonds is 5. The van der Waals surface area contributed by atoms with Crippen molar-refractivity contribution in [3.63, 3.8) is 0 Å². The number of nitrogens with two attached hydrogens (primary N) is 1. The monoisotopic (exact) mass is 256 g/mol. The fourth-order valence-electron chi connectivity index (χ4n) is 2.90. The van der Waals surface area contributed by atoms with Crippen LogP contribution >= 0.6 is 0 Å². The molecule has 1 heterocycles. The molecule has 0 aromatic heterocycles. The Hall–Kier alpha value is -0.610. The Balaban J connectivity index is 2.51. The highest BCUT2D eigenvalue weighted by Gasteiger charge is 2.36. The molecule has 0 bridgehead atoms. The summed E-state index contributed by atoms with van der Waals surface area (Å²) in [5.41, 5.74) is 5.63. The smallest absolute Gasteiger partial charge is 0.326 e. The topological polar surface area (TPSA) is 55.6 Å². The van der Waals surface area contributed by atoms with Crippen LogP contribution in [0.4, 0.5) is 0 Å². The molecule has 0 saturated carbocycles. The quantitative estimate of drug-likeness (QED) is 0.762. The molecule has 1 fully saturated rings. The third-order valence-electron chi connectivity index (χ3n) is 4.62. The molecule has 0 amide bonds. The van der Waals surface area contributed by atoms with Gasteiger partial charge in [0.15, 0.2) is 0 Å². The first-order valence-corrected chi connectivity index (χ1v) is 6.99. The van der Waals surface area contributed by atoms with Crippen molar-refractivity contribution in [2.75, 3.05) is 26.7 Å². The first-order valence-electron chi connectivity index (χ1n) is 6.99. The van der Waals surface area contributed by atoms with E-state index in [1.807, 2.05) is 0 Å². The van der Waals surface area contributed by atoms with Gasteiger partial charge in [-0.15, -0.1) is 0 Å². The van der Waals surface area contributed by atoms with Crippen molar-refractivity contribution in [1.82, 2.24) is 4.90 Å². The molecule has 106 valence electrons. The van der Waals surface area contributed by atoms with E-state index in [9.17, 15) is 4.79 Å². The zero-order chi connectivity index (χ0) is 13.8.